The van der Waals surface area contributed by atoms with Crippen LogP contribution in [0.5, 0.6) is 11.5 Å². The lowest BCUT2D eigenvalue weighted by atomic mass is 9.93. The number of nitrogens with one attached hydrogen (secondary N) is 1. The van der Waals surface area contributed by atoms with Crippen LogP contribution in [0.3, 0.4) is 0 Å². The Kier molecular flexibility index (Phi) is 5.33. The minimum atomic E-state index is -0.610. The topological polar surface area (TPSA) is 47.6 Å². The van der Waals surface area contributed by atoms with E-state index in [4.69, 9.17) is 9.47 Å². The Morgan fingerprint density at radius 1 is 1.04 bits per heavy atom. The standard InChI is InChI=1S/C20H22BrNO3/c1-24-17-11-10-14(13-18(17)25-2)7-5-6-12-20(21)15-8-3-4-9-16(15)22-19(20)23/h3-4,8-11,13H,5-7,12H2,1-2H3,(H,22,23). The number of alkyl halides is 1. The molecule has 1 unspecified atom stereocenters. The minimum absolute atomic E-state index is 0.0276. The van der Waals surface area contributed by atoms with Crippen LogP contribution in [0.25, 0.3) is 0 Å². The Bertz CT molecular complexity index is 777. The summed E-state index contributed by atoms with van der Waals surface area (Å²) in [5.74, 6) is 1.52. The second-order valence-electron chi connectivity index (χ2n) is 6.20. The first kappa shape index (κ1) is 17.8. The van der Waals surface area contributed by atoms with Crippen molar-refractivity contribution in [3.05, 3.63) is 53.6 Å². The number of hydrogen-bond donors (Lipinski definition) is 1. The molecule has 0 saturated carbocycles. The molecule has 2 aromatic rings. The van der Waals surface area contributed by atoms with Gasteiger partial charge in [0, 0.05) is 11.3 Å². The number of aryl methyl sites for hydroxylation is 1. The van der Waals surface area contributed by atoms with Crippen molar-refractivity contribution < 1.29 is 14.3 Å². The molecular formula is C20H22BrNO3. The molecule has 132 valence electrons. The molecule has 1 heterocycles. The summed E-state index contributed by atoms with van der Waals surface area (Å²) in [6, 6.07) is 13.9. The molecule has 1 aliphatic heterocycles. The Balaban J connectivity index is 1.59. The first-order valence-corrected chi connectivity index (χ1v) is 9.18. The van der Waals surface area contributed by atoms with Crippen molar-refractivity contribution in [3.63, 3.8) is 0 Å². The summed E-state index contributed by atoms with van der Waals surface area (Å²) in [5, 5.41) is 2.96. The van der Waals surface area contributed by atoms with Crippen LogP contribution in [0.2, 0.25) is 0 Å². The fourth-order valence-corrected chi connectivity index (χ4v) is 3.99. The third-order valence-corrected chi connectivity index (χ3v) is 5.83. The van der Waals surface area contributed by atoms with Crippen molar-refractivity contribution in [1.82, 2.24) is 0 Å². The van der Waals surface area contributed by atoms with E-state index < -0.39 is 4.32 Å². The van der Waals surface area contributed by atoms with Gasteiger partial charge in [-0.05, 0) is 43.0 Å². The molecule has 0 fully saturated rings. The largest absolute Gasteiger partial charge is 0.493 e. The second kappa shape index (κ2) is 7.48. The van der Waals surface area contributed by atoms with Gasteiger partial charge in [-0.25, -0.2) is 0 Å². The highest BCUT2D eigenvalue weighted by Crippen LogP contribution is 2.46. The molecule has 25 heavy (non-hydrogen) atoms. The van der Waals surface area contributed by atoms with Crippen molar-refractivity contribution in [1.29, 1.82) is 0 Å². The zero-order valence-corrected chi connectivity index (χ0v) is 16.1. The van der Waals surface area contributed by atoms with Crippen molar-refractivity contribution in [2.75, 3.05) is 19.5 Å². The molecule has 1 aliphatic rings. The van der Waals surface area contributed by atoms with Gasteiger partial charge in [0.05, 0.1) is 14.2 Å². The van der Waals surface area contributed by atoms with Gasteiger partial charge in [-0.3, -0.25) is 4.79 Å². The zero-order valence-electron chi connectivity index (χ0n) is 14.5. The SMILES string of the molecule is COc1ccc(CCCCC2(Br)C(=O)Nc3ccccc32)cc1OC. The van der Waals surface area contributed by atoms with E-state index in [1.54, 1.807) is 14.2 Å². The fraction of sp³-hybridized carbons (Fsp3) is 0.350. The predicted molar refractivity (Wildman–Crippen MR) is 103 cm³/mol. The highest BCUT2D eigenvalue weighted by molar-refractivity contribution is 9.10. The van der Waals surface area contributed by atoms with Crippen LogP contribution in [0.4, 0.5) is 5.69 Å². The second-order valence-corrected chi connectivity index (χ2v) is 7.55. The summed E-state index contributed by atoms with van der Waals surface area (Å²) in [7, 11) is 3.28. The lowest BCUT2D eigenvalue weighted by molar-refractivity contribution is -0.118. The first-order chi connectivity index (χ1) is 12.1. The number of fused-ring (bicyclic) bond motifs is 1. The number of para-hydroxylation sites is 1. The third-order valence-electron chi connectivity index (χ3n) is 4.65. The van der Waals surface area contributed by atoms with E-state index in [9.17, 15) is 4.79 Å². The van der Waals surface area contributed by atoms with Gasteiger partial charge in [-0.1, -0.05) is 46.6 Å². The molecule has 0 aliphatic carbocycles. The number of hydrogen-bond acceptors (Lipinski definition) is 3. The Morgan fingerprint density at radius 2 is 1.80 bits per heavy atom. The summed E-state index contributed by atoms with van der Waals surface area (Å²) >= 11 is 3.69. The van der Waals surface area contributed by atoms with Crippen LogP contribution < -0.4 is 14.8 Å². The molecule has 5 heteroatoms. The van der Waals surface area contributed by atoms with Crippen molar-refractivity contribution >= 4 is 27.5 Å². The van der Waals surface area contributed by atoms with E-state index in [0.717, 1.165) is 48.4 Å². The van der Waals surface area contributed by atoms with Crippen LogP contribution in [0, 0.1) is 0 Å². The molecule has 4 nitrogen and oxygen atoms in total. The zero-order chi connectivity index (χ0) is 17.9. The molecule has 1 amide bonds. The quantitative estimate of drug-likeness (QED) is 0.540. The number of rotatable bonds is 7. The maximum Gasteiger partial charge on any atom is 0.245 e. The number of halogens is 1. The van der Waals surface area contributed by atoms with Gasteiger partial charge in [0.15, 0.2) is 11.5 Å². The number of benzene rings is 2. The van der Waals surface area contributed by atoms with E-state index in [1.165, 1.54) is 5.56 Å². The van der Waals surface area contributed by atoms with Gasteiger partial charge in [0.2, 0.25) is 5.91 Å². The Hall–Kier alpha value is -2.01. The van der Waals surface area contributed by atoms with E-state index in [-0.39, 0.29) is 5.91 Å². The number of anilines is 1. The lowest BCUT2D eigenvalue weighted by Crippen LogP contribution is -2.27. The molecule has 1 atom stereocenters. The smallest absolute Gasteiger partial charge is 0.245 e. The van der Waals surface area contributed by atoms with Crippen LogP contribution in [-0.2, 0) is 15.5 Å². The molecule has 0 spiro atoms. The van der Waals surface area contributed by atoms with Crippen LogP contribution in [0.1, 0.15) is 30.4 Å². The van der Waals surface area contributed by atoms with Gasteiger partial charge >= 0.3 is 0 Å². The normalized spacial score (nSPS) is 18.6. The summed E-state index contributed by atoms with van der Waals surface area (Å²) in [4.78, 5) is 12.4. The minimum Gasteiger partial charge on any atom is -0.493 e. The molecule has 1 N–H and O–H groups in total. The average molecular weight is 404 g/mol. The van der Waals surface area contributed by atoms with Crippen LogP contribution in [-0.4, -0.2) is 20.1 Å². The van der Waals surface area contributed by atoms with Gasteiger partial charge in [-0.15, -0.1) is 0 Å². The van der Waals surface area contributed by atoms with Crippen molar-refractivity contribution in [2.24, 2.45) is 0 Å². The number of carbonyl (C=O) groups excluding carboxylic acids is 1. The number of amides is 1. The average Bonchev–Trinajstić information content (AvgIpc) is 2.89. The number of ether oxygens (including phenoxy) is 2. The predicted octanol–water partition coefficient (Wildman–Crippen LogP) is 4.66. The molecule has 0 radical (unpaired) electrons. The summed E-state index contributed by atoms with van der Waals surface area (Å²) in [6.45, 7) is 0. The van der Waals surface area contributed by atoms with E-state index in [2.05, 4.69) is 27.3 Å². The van der Waals surface area contributed by atoms with Crippen LogP contribution in [0.15, 0.2) is 42.5 Å². The summed E-state index contributed by atoms with van der Waals surface area (Å²) in [6.07, 6.45) is 3.65. The fourth-order valence-electron chi connectivity index (χ4n) is 3.26. The molecule has 0 aromatic heterocycles. The lowest BCUT2D eigenvalue weighted by Gasteiger charge is -2.20. The van der Waals surface area contributed by atoms with E-state index >= 15 is 0 Å². The summed E-state index contributed by atoms with van der Waals surface area (Å²) in [5.41, 5.74) is 3.15. The van der Waals surface area contributed by atoms with E-state index in [0.29, 0.717) is 0 Å². The van der Waals surface area contributed by atoms with Gasteiger partial charge < -0.3 is 14.8 Å². The van der Waals surface area contributed by atoms with Crippen molar-refractivity contribution in [3.8, 4) is 11.5 Å². The molecule has 0 bridgehead atoms. The molecule has 2 aromatic carbocycles. The molecule has 3 rings (SSSR count). The maximum absolute atomic E-state index is 12.4. The van der Waals surface area contributed by atoms with E-state index in [1.807, 2.05) is 36.4 Å². The Labute approximate surface area is 156 Å². The van der Waals surface area contributed by atoms with Crippen LogP contribution >= 0.6 is 15.9 Å². The highest BCUT2D eigenvalue weighted by atomic mass is 79.9. The number of methoxy groups -OCH3 is 2. The summed E-state index contributed by atoms with van der Waals surface area (Å²) < 4.78 is 10.0. The van der Waals surface area contributed by atoms with Crippen molar-refractivity contribution in [2.45, 2.75) is 30.0 Å². The highest BCUT2D eigenvalue weighted by Gasteiger charge is 2.43. The Morgan fingerprint density at radius 3 is 2.56 bits per heavy atom. The van der Waals surface area contributed by atoms with Gasteiger partial charge in [0.25, 0.3) is 0 Å². The third kappa shape index (κ3) is 3.52. The first-order valence-electron chi connectivity index (χ1n) is 8.39. The maximum atomic E-state index is 12.4. The number of carbonyl (C=O) groups is 1. The molecule has 0 saturated heterocycles. The monoisotopic (exact) mass is 403 g/mol. The molecular weight excluding hydrogens is 382 g/mol. The van der Waals surface area contributed by atoms with Gasteiger partial charge in [-0.2, -0.15) is 0 Å². The van der Waals surface area contributed by atoms with Gasteiger partial charge in [0.1, 0.15) is 4.32 Å². The number of unbranched alkanes of at least 4 members (excludes halogenated alkanes) is 1.